The van der Waals surface area contributed by atoms with Crippen molar-refractivity contribution in [1.82, 2.24) is 4.90 Å². The highest BCUT2D eigenvalue weighted by Gasteiger charge is 2.36. The molecule has 3 aromatic rings. The number of nitrogens with zero attached hydrogens (tertiary/aromatic N) is 2. The predicted molar refractivity (Wildman–Crippen MR) is 142 cm³/mol. The lowest BCUT2D eigenvalue weighted by molar-refractivity contribution is 0.152. The standard InChI is InChI=1S/C30H35BrN2/c1-4-29(19-20-30(23-32,24(2)3)27-15-17-28(31)18-16-27)33(21-25-11-7-5-8-12-25)22-26-13-9-6-10-14-26/h5-18,24,29H,4,19-22H2,1-3H3. The monoisotopic (exact) mass is 502 g/mol. The molecule has 3 rings (SSSR count). The lowest BCUT2D eigenvalue weighted by Crippen LogP contribution is -2.37. The quantitative estimate of drug-likeness (QED) is 0.264. The van der Waals surface area contributed by atoms with Crippen molar-refractivity contribution >= 4 is 15.9 Å². The van der Waals surface area contributed by atoms with Crippen LogP contribution in [0, 0.1) is 17.2 Å². The average Bonchev–Trinajstić information content (AvgIpc) is 2.84. The maximum absolute atomic E-state index is 10.4. The van der Waals surface area contributed by atoms with Crippen LogP contribution in [0.4, 0.5) is 0 Å². The molecule has 0 aliphatic carbocycles. The second kappa shape index (κ2) is 12.2. The summed E-state index contributed by atoms with van der Waals surface area (Å²) in [6, 6.07) is 32.9. The van der Waals surface area contributed by atoms with Gasteiger partial charge in [0.2, 0.25) is 0 Å². The topological polar surface area (TPSA) is 27.0 Å². The largest absolute Gasteiger partial charge is 0.292 e. The molecule has 33 heavy (non-hydrogen) atoms. The molecular weight excluding hydrogens is 468 g/mol. The number of nitriles is 1. The van der Waals surface area contributed by atoms with Crippen LogP contribution in [0.25, 0.3) is 0 Å². The van der Waals surface area contributed by atoms with Crippen molar-refractivity contribution < 1.29 is 0 Å². The molecule has 2 nitrogen and oxygen atoms in total. The Hall–Kier alpha value is -2.41. The summed E-state index contributed by atoms with van der Waals surface area (Å²) < 4.78 is 1.05. The Morgan fingerprint density at radius 1 is 0.848 bits per heavy atom. The molecule has 3 heteroatoms. The summed E-state index contributed by atoms with van der Waals surface area (Å²) in [5.41, 5.74) is 3.29. The molecule has 0 fully saturated rings. The number of benzene rings is 3. The van der Waals surface area contributed by atoms with E-state index in [-0.39, 0.29) is 5.92 Å². The number of halogens is 1. The maximum atomic E-state index is 10.4. The van der Waals surface area contributed by atoms with E-state index in [4.69, 9.17) is 0 Å². The second-order valence-electron chi connectivity index (χ2n) is 9.22. The molecule has 0 radical (unpaired) electrons. The summed E-state index contributed by atoms with van der Waals surface area (Å²) in [6.45, 7) is 8.45. The fourth-order valence-corrected chi connectivity index (χ4v) is 5.02. The molecule has 2 atom stereocenters. The Balaban J connectivity index is 1.85. The first-order chi connectivity index (χ1) is 16.0. The van der Waals surface area contributed by atoms with Crippen molar-refractivity contribution in [2.45, 2.75) is 64.6 Å². The zero-order valence-corrected chi connectivity index (χ0v) is 21.6. The van der Waals surface area contributed by atoms with Gasteiger partial charge in [-0.05, 0) is 54.0 Å². The van der Waals surface area contributed by atoms with Crippen LogP contribution >= 0.6 is 15.9 Å². The minimum absolute atomic E-state index is 0.234. The van der Waals surface area contributed by atoms with Gasteiger partial charge in [0.05, 0.1) is 11.5 Å². The van der Waals surface area contributed by atoms with Gasteiger partial charge in [0, 0.05) is 23.6 Å². The van der Waals surface area contributed by atoms with Gasteiger partial charge in [-0.15, -0.1) is 0 Å². The van der Waals surface area contributed by atoms with Crippen LogP contribution in [0.3, 0.4) is 0 Å². The molecule has 0 amide bonds. The molecular formula is C30H35BrN2. The highest BCUT2D eigenvalue weighted by molar-refractivity contribution is 9.10. The zero-order chi connectivity index (χ0) is 23.7. The molecule has 0 bridgehead atoms. The summed E-state index contributed by atoms with van der Waals surface area (Å²) >= 11 is 3.54. The molecule has 0 aliphatic rings. The third-order valence-corrected chi connectivity index (χ3v) is 7.39. The van der Waals surface area contributed by atoms with Crippen molar-refractivity contribution in [3.63, 3.8) is 0 Å². The summed E-state index contributed by atoms with van der Waals surface area (Å²) in [6.07, 6.45) is 2.89. The molecule has 0 spiro atoms. The van der Waals surface area contributed by atoms with E-state index in [0.717, 1.165) is 42.4 Å². The van der Waals surface area contributed by atoms with Crippen molar-refractivity contribution in [2.24, 2.45) is 5.92 Å². The van der Waals surface area contributed by atoms with Crippen molar-refractivity contribution in [3.8, 4) is 6.07 Å². The molecule has 172 valence electrons. The number of hydrogen-bond donors (Lipinski definition) is 0. The molecule has 2 unspecified atom stereocenters. The fraction of sp³-hybridized carbons (Fsp3) is 0.367. The smallest absolute Gasteiger partial charge is 0.0845 e. The number of hydrogen-bond acceptors (Lipinski definition) is 2. The minimum Gasteiger partial charge on any atom is -0.292 e. The second-order valence-corrected chi connectivity index (χ2v) is 10.1. The molecule has 0 saturated heterocycles. The lowest BCUT2D eigenvalue weighted by atomic mass is 9.69. The van der Waals surface area contributed by atoms with E-state index in [1.54, 1.807) is 0 Å². The van der Waals surface area contributed by atoms with Crippen LogP contribution in [0.2, 0.25) is 0 Å². The third kappa shape index (κ3) is 6.56. The average molecular weight is 504 g/mol. The van der Waals surface area contributed by atoms with E-state index >= 15 is 0 Å². The molecule has 0 heterocycles. The van der Waals surface area contributed by atoms with Crippen molar-refractivity contribution in [1.29, 1.82) is 5.26 Å². The first kappa shape index (κ1) is 25.2. The van der Waals surface area contributed by atoms with E-state index in [2.05, 4.69) is 133 Å². The van der Waals surface area contributed by atoms with Gasteiger partial charge in [0.25, 0.3) is 0 Å². The van der Waals surface area contributed by atoms with Crippen molar-refractivity contribution in [2.75, 3.05) is 0 Å². The van der Waals surface area contributed by atoms with Crippen LogP contribution < -0.4 is 0 Å². The highest BCUT2D eigenvalue weighted by Crippen LogP contribution is 2.38. The van der Waals surface area contributed by atoms with E-state index in [1.807, 2.05) is 0 Å². The van der Waals surface area contributed by atoms with Gasteiger partial charge in [-0.1, -0.05) is 109 Å². The summed E-state index contributed by atoms with van der Waals surface area (Å²) in [5.74, 6) is 0.234. The first-order valence-corrected chi connectivity index (χ1v) is 12.8. The molecule has 0 aliphatic heterocycles. The normalized spacial score (nSPS) is 14.1. The Labute approximate surface area is 208 Å². The molecule has 0 N–H and O–H groups in total. The van der Waals surface area contributed by atoms with Crippen molar-refractivity contribution in [3.05, 3.63) is 106 Å². The van der Waals surface area contributed by atoms with E-state index in [0.29, 0.717) is 6.04 Å². The number of rotatable bonds is 11. The van der Waals surface area contributed by atoms with Gasteiger partial charge in [-0.25, -0.2) is 0 Å². The SMILES string of the molecule is CCC(CCC(C#N)(c1ccc(Br)cc1)C(C)C)N(Cc1ccccc1)Cc1ccccc1. The Kier molecular flexibility index (Phi) is 9.30. The van der Waals surface area contributed by atoms with Gasteiger partial charge in [0.15, 0.2) is 0 Å². The van der Waals surface area contributed by atoms with Crippen LogP contribution in [0.15, 0.2) is 89.4 Å². The Morgan fingerprint density at radius 3 is 1.79 bits per heavy atom. The summed E-state index contributed by atoms with van der Waals surface area (Å²) in [4.78, 5) is 2.59. The van der Waals surface area contributed by atoms with E-state index < -0.39 is 5.41 Å². The summed E-state index contributed by atoms with van der Waals surface area (Å²) in [5, 5.41) is 10.4. The van der Waals surface area contributed by atoms with Gasteiger partial charge < -0.3 is 0 Å². The van der Waals surface area contributed by atoms with Crippen LogP contribution in [-0.4, -0.2) is 10.9 Å². The fourth-order valence-electron chi connectivity index (χ4n) is 4.75. The summed E-state index contributed by atoms with van der Waals surface area (Å²) in [7, 11) is 0. The van der Waals surface area contributed by atoms with E-state index in [9.17, 15) is 5.26 Å². The van der Waals surface area contributed by atoms with Crippen LogP contribution in [0.5, 0.6) is 0 Å². The van der Waals surface area contributed by atoms with E-state index in [1.165, 1.54) is 11.1 Å². The predicted octanol–water partition coefficient (Wildman–Crippen LogP) is 8.13. The van der Waals surface area contributed by atoms with Crippen LogP contribution in [0.1, 0.15) is 56.7 Å². The van der Waals surface area contributed by atoms with Gasteiger partial charge in [0.1, 0.15) is 0 Å². The molecule has 0 saturated carbocycles. The minimum atomic E-state index is -0.487. The van der Waals surface area contributed by atoms with Gasteiger partial charge in [-0.2, -0.15) is 5.26 Å². The maximum Gasteiger partial charge on any atom is 0.0845 e. The zero-order valence-electron chi connectivity index (χ0n) is 20.0. The lowest BCUT2D eigenvalue weighted by Gasteiger charge is -2.36. The first-order valence-electron chi connectivity index (χ1n) is 12.0. The van der Waals surface area contributed by atoms with Crippen LogP contribution in [-0.2, 0) is 18.5 Å². The van der Waals surface area contributed by atoms with Gasteiger partial charge >= 0.3 is 0 Å². The Bertz CT molecular complexity index is 967. The Morgan fingerprint density at radius 2 is 1.36 bits per heavy atom. The highest BCUT2D eigenvalue weighted by atomic mass is 79.9. The third-order valence-electron chi connectivity index (χ3n) is 6.86. The van der Waals surface area contributed by atoms with Gasteiger partial charge in [-0.3, -0.25) is 4.90 Å². The molecule has 3 aromatic carbocycles. The molecule has 0 aromatic heterocycles.